The van der Waals surface area contributed by atoms with Crippen molar-refractivity contribution in [3.63, 3.8) is 0 Å². The van der Waals surface area contributed by atoms with E-state index in [4.69, 9.17) is 0 Å². The van der Waals surface area contributed by atoms with Crippen LogP contribution in [0.2, 0.25) is 0 Å². The van der Waals surface area contributed by atoms with E-state index < -0.39 is 0 Å². The summed E-state index contributed by atoms with van der Waals surface area (Å²) in [6.45, 7) is 1.97. The molecule has 122 valence electrons. The zero-order valence-electron chi connectivity index (χ0n) is 13.1. The second kappa shape index (κ2) is 6.28. The molecule has 0 saturated carbocycles. The summed E-state index contributed by atoms with van der Waals surface area (Å²) in [6.07, 6.45) is 4.10. The Bertz CT molecular complexity index is 899. The Labute approximate surface area is 148 Å². The van der Waals surface area contributed by atoms with Crippen LogP contribution in [0.3, 0.4) is 0 Å². The molecule has 0 unspecified atom stereocenters. The van der Waals surface area contributed by atoms with Crippen molar-refractivity contribution in [2.45, 2.75) is 12.8 Å². The number of rotatable bonds is 3. The first kappa shape index (κ1) is 15.2. The molecule has 0 aliphatic carbocycles. The van der Waals surface area contributed by atoms with E-state index in [0.29, 0.717) is 5.69 Å². The summed E-state index contributed by atoms with van der Waals surface area (Å²) < 4.78 is 0.979. The largest absolute Gasteiger partial charge is 0.355 e. The summed E-state index contributed by atoms with van der Waals surface area (Å²) in [5.74, 6) is 0.693. The number of hydrogen-bond acceptors (Lipinski definition) is 3. The lowest BCUT2D eigenvalue weighted by Gasteiger charge is -2.19. The summed E-state index contributed by atoms with van der Waals surface area (Å²) in [5.41, 5.74) is 2.23. The highest BCUT2D eigenvalue weighted by Gasteiger charge is 2.19. The molecule has 6 heteroatoms. The van der Waals surface area contributed by atoms with Gasteiger partial charge in [0.1, 0.15) is 5.69 Å². The maximum atomic E-state index is 12.6. The first-order chi connectivity index (χ1) is 11.7. The molecule has 1 aliphatic rings. The van der Waals surface area contributed by atoms with Crippen molar-refractivity contribution in [1.82, 2.24) is 9.97 Å². The van der Waals surface area contributed by atoms with Crippen molar-refractivity contribution < 1.29 is 4.79 Å². The maximum Gasteiger partial charge on any atom is 0.272 e. The predicted molar refractivity (Wildman–Crippen MR) is 99.6 cm³/mol. The van der Waals surface area contributed by atoms with Crippen molar-refractivity contribution in [2.75, 3.05) is 23.3 Å². The summed E-state index contributed by atoms with van der Waals surface area (Å²) in [4.78, 5) is 22.5. The van der Waals surface area contributed by atoms with Crippen LogP contribution in [-0.4, -0.2) is 29.0 Å². The van der Waals surface area contributed by atoms with Crippen LogP contribution in [-0.2, 0) is 0 Å². The van der Waals surface area contributed by atoms with E-state index in [9.17, 15) is 4.79 Å². The Balaban J connectivity index is 1.61. The summed E-state index contributed by atoms with van der Waals surface area (Å²) in [7, 11) is 0. The molecule has 4 rings (SSSR count). The van der Waals surface area contributed by atoms with Crippen LogP contribution >= 0.6 is 15.9 Å². The minimum absolute atomic E-state index is 0.157. The minimum atomic E-state index is -0.157. The van der Waals surface area contributed by atoms with Gasteiger partial charge < -0.3 is 15.2 Å². The molecule has 1 saturated heterocycles. The number of benzene rings is 1. The van der Waals surface area contributed by atoms with Crippen molar-refractivity contribution in [3.8, 4) is 0 Å². The van der Waals surface area contributed by atoms with Gasteiger partial charge in [-0.15, -0.1) is 0 Å². The highest BCUT2D eigenvalue weighted by Crippen LogP contribution is 2.27. The number of anilines is 2. The molecule has 1 fully saturated rings. The second-order valence-electron chi connectivity index (χ2n) is 5.94. The van der Waals surface area contributed by atoms with Gasteiger partial charge in [-0.25, -0.2) is 4.98 Å². The second-order valence-corrected chi connectivity index (χ2v) is 6.85. The highest BCUT2D eigenvalue weighted by atomic mass is 79.9. The molecule has 1 aromatic carbocycles. The molecule has 3 aromatic rings. The molecule has 0 radical (unpaired) electrons. The van der Waals surface area contributed by atoms with Crippen LogP contribution in [0.5, 0.6) is 0 Å². The number of carbonyl (C=O) groups excluding carboxylic acids is 1. The number of fused-ring (bicyclic) bond motifs is 1. The number of aromatic nitrogens is 2. The van der Waals surface area contributed by atoms with Gasteiger partial charge in [0.05, 0.1) is 5.69 Å². The lowest BCUT2D eigenvalue weighted by Crippen LogP contribution is -2.22. The standard InChI is InChI=1S/C18H17BrN4O/c19-13-6-5-12-10-16(21-15(12)11-13)18(24)22-14-4-3-7-20-17(14)23-8-1-2-9-23/h3-7,10-11,21H,1-2,8-9H2,(H,22,24). The molecule has 0 bridgehead atoms. The van der Waals surface area contributed by atoms with Crippen LogP contribution in [0.1, 0.15) is 23.3 Å². The van der Waals surface area contributed by atoms with Gasteiger partial charge >= 0.3 is 0 Å². The van der Waals surface area contributed by atoms with E-state index in [1.165, 1.54) is 12.8 Å². The number of H-pyrrole nitrogens is 1. The number of nitrogens with zero attached hydrogens (tertiary/aromatic N) is 2. The van der Waals surface area contributed by atoms with E-state index in [-0.39, 0.29) is 5.91 Å². The third kappa shape index (κ3) is 2.89. The number of amides is 1. The molecule has 5 nitrogen and oxygen atoms in total. The summed E-state index contributed by atoms with van der Waals surface area (Å²) in [5, 5.41) is 4.00. The molecule has 2 aromatic heterocycles. The van der Waals surface area contributed by atoms with Crippen LogP contribution in [0.25, 0.3) is 10.9 Å². The van der Waals surface area contributed by atoms with E-state index in [1.807, 2.05) is 36.4 Å². The lowest BCUT2D eigenvalue weighted by atomic mass is 10.2. The number of nitrogens with one attached hydrogen (secondary N) is 2. The quantitative estimate of drug-likeness (QED) is 0.711. The van der Waals surface area contributed by atoms with Gasteiger partial charge in [-0.1, -0.05) is 22.0 Å². The van der Waals surface area contributed by atoms with Crippen molar-refractivity contribution in [2.24, 2.45) is 0 Å². The molecule has 0 atom stereocenters. The molecule has 1 amide bonds. The average molecular weight is 385 g/mol. The van der Waals surface area contributed by atoms with Crippen molar-refractivity contribution in [1.29, 1.82) is 0 Å². The van der Waals surface area contributed by atoms with Crippen LogP contribution < -0.4 is 10.2 Å². The van der Waals surface area contributed by atoms with E-state index in [2.05, 4.69) is 36.1 Å². The topological polar surface area (TPSA) is 61.0 Å². The fourth-order valence-corrected chi connectivity index (χ4v) is 3.45. The Hall–Kier alpha value is -2.34. The van der Waals surface area contributed by atoms with E-state index in [1.54, 1.807) is 6.20 Å². The zero-order valence-corrected chi connectivity index (χ0v) is 14.6. The van der Waals surface area contributed by atoms with E-state index in [0.717, 1.165) is 40.0 Å². The van der Waals surface area contributed by atoms with Crippen LogP contribution in [0, 0.1) is 0 Å². The van der Waals surface area contributed by atoms with Gasteiger partial charge in [0.15, 0.2) is 5.82 Å². The van der Waals surface area contributed by atoms with Gasteiger partial charge in [-0.05, 0) is 43.2 Å². The van der Waals surface area contributed by atoms with Gasteiger partial charge in [-0.2, -0.15) is 0 Å². The molecule has 3 heterocycles. The lowest BCUT2D eigenvalue weighted by molar-refractivity contribution is 0.102. The fraction of sp³-hybridized carbons (Fsp3) is 0.222. The Morgan fingerprint density at radius 2 is 2.04 bits per heavy atom. The van der Waals surface area contributed by atoms with Gasteiger partial charge in [0.25, 0.3) is 5.91 Å². The third-order valence-corrected chi connectivity index (χ3v) is 4.76. The predicted octanol–water partition coefficient (Wildman–Crippen LogP) is 4.18. The molecule has 2 N–H and O–H groups in total. The number of halogens is 1. The number of aromatic amines is 1. The smallest absolute Gasteiger partial charge is 0.272 e. The van der Waals surface area contributed by atoms with E-state index >= 15 is 0 Å². The summed E-state index contributed by atoms with van der Waals surface area (Å²) in [6, 6.07) is 11.5. The number of pyridine rings is 1. The van der Waals surface area contributed by atoms with Crippen LogP contribution in [0.4, 0.5) is 11.5 Å². The van der Waals surface area contributed by atoms with Gasteiger partial charge in [0, 0.05) is 34.7 Å². The maximum absolute atomic E-state index is 12.6. The monoisotopic (exact) mass is 384 g/mol. The summed E-state index contributed by atoms with van der Waals surface area (Å²) >= 11 is 3.45. The van der Waals surface area contributed by atoms with Crippen molar-refractivity contribution in [3.05, 3.63) is 52.8 Å². The molecular weight excluding hydrogens is 368 g/mol. The van der Waals surface area contributed by atoms with Crippen molar-refractivity contribution >= 4 is 44.2 Å². The Morgan fingerprint density at radius 3 is 2.88 bits per heavy atom. The van der Waals surface area contributed by atoms with Crippen LogP contribution in [0.15, 0.2) is 47.1 Å². The third-order valence-electron chi connectivity index (χ3n) is 4.27. The first-order valence-electron chi connectivity index (χ1n) is 8.00. The number of hydrogen-bond donors (Lipinski definition) is 2. The Kier molecular flexibility index (Phi) is 3.98. The van der Waals surface area contributed by atoms with Gasteiger partial charge in [0.2, 0.25) is 0 Å². The fourth-order valence-electron chi connectivity index (χ4n) is 3.09. The minimum Gasteiger partial charge on any atom is -0.355 e. The average Bonchev–Trinajstić information content (AvgIpc) is 3.24. The first-order valence-corrected chi connectivity index (χ1v) is 8.79. The van der Waals surface area contributed by atoms with Gasteiger partial charge in [-0.3, -0.25) is 4.79 Å². The molecular formula is C18H17BrN4O. The zero-order chi connectivity index (χ0) is 16.5. The molecule has 1 aliphatic heterocycles. The Morgan fingerprint density at radius 1 is 1.21 bits per heavy atom. The SMILES string of the molecule is O=C(Nc1cccnc1N1CCCC1)c1cc2ccc(Br)cc2[nH]1. The highest BCUT2D eigenvalue weighted by molar-refractivity contribution is 9.10. The molecule has 24 heavy (non-hydrogen) atoms. The molecule has 0 spiro atoms. The number of carbonyl (C=O) groups is 1. The normalized spacial score (nSPS) is 14.3.